The lowest BCUT2D eigenvalue weighted by Crippen LogP contribution is -2.36. The van der Waals surface area contributed by atoms with E-state index in [1.165, 1.54) is 0 Å². The topological polar surface area (TPSA) is 105 Å². The Bertz CT molecular complexity index is 1190. The molecule has 150 valence electrons. The van der Waals surface area contributed by atoms with Gasteiger partial charge < -0.3 is 10.3 Å². The third kappa shape index (κ3) is 4.16. The fraction of sp³-hybridized carbons (Fsp3) is 0.368. The van der Waals surface area contributed by atoms with Crippen LogP contribution in [0.15, 0.2) is 32.8 Å². The minimum Gasteiger partial charge on any atom is -0.361 e. The van der Waals surface area contributed by atoms with E-state index in [4.69, 9.17) is 4.18 Å². The first-order valence-corrected chi connectivity index (χ1v) is 11.7. The maximum absolute atomic E-state index is 11.8. The van der Waals surface area contributed by atoms with Crippen molar-refractivity contribution in [2.24, 2.45) is 0 Å². The molecule has 0 radical (unpaired) electrons. The highest BCUT2D eigenvalue weighted by molar-refractivity contribution is 7.99. The molecule has 9 heteroatoms. The van der Waals surface area contributed by atoms with Gasteiger partial charge in [-0.2, -0.15) is 8.42 Å². The summed E-state index contributed by atoms with van der Waals surface area (Å²) in [5, 5.41) is 4.16. The number of hydrogen-bond acceptors (Lipinski definition) is 7. The number of anilines is 2. The van der Waals surface area contributed by atoms with Crippen LogP contribution in [0.3, 0.4) is 0 Å². The molecular weight excluding hydrogens is 400 g/mol. The molecule has 3 rings (SSSR count). The Morgan fingerprint density at radius 2 is 1.96 bits per heavy atom. The maximum atomic E-state index is 11.8. The van der Waals surface area contributed by atoms with Crippen LogP contribution >= 0.6 is 11.8 Å². The van der Waals surface area contributed by atoms with Crippen molar-refractivity contribution in [3.63, 3.8) is 0 Å². The molecule has 0 amide bonds. The Hall–Kier alpha value is -2.10. The summed E-state index contributed by atoms with van der Waals surface area (Å²) in [5.41, 5.74) is 2.66. The van der Waals surface area contributed by atoms with E-state index >= 15 is 0 Å². The van der Waals surface area contributed by atoms with E-state index in [2.05, 4.69) is 10.3 Å². The lowest BCUT2D eigenvalue weighted by atomic mass is 10.1. The van der Waals surface area contributed by atoms with Crippen LogP contribution in [-0.2, 0) is 20.7 Å². The van der Waals surface area contributed by atoms with E-state index in [0.29, 0.717) is 24.1 Å². The van der Waals surface area contributed by atoms with Gasteiger partial charge >= 0.3 is 0 Å². The summed E-state index contributed by atoms with van der Waals surface area (Å²) in [4.78, 5) is 27.6. The largest absolute Gasteiger partial charge is 0.361 e. The minimum atomic E-state index is -3.44. The SMILES string of the molecule is CCSc1c(Nc2c(C)c(=O)c2=O)ccc2[nH]cc(CCCOS(C)(=O)=O)c12. The Labute approximate surface area is 167 Å². The van der Waals surface area contributed by atoms with E-state index in [0.717, 1.165) is 39.1 Å². The summed E-state index contributed by atoms with van der Waals surface area (Å²) < 4.78 is 27.0. The average molecular weight is 423 g/mol. The third-order valence-electron chi connectivity index (χ3n) is 4.47. The van der Waals surface area contributed by atoms with Gasteiger partial charge in [0.1, 0.15) is 0 Å². The normalized spacial score (nSPS) is 12.1. The summed E-state index contributed by atoms with van der Waals surface area (Å²) >= 11 is 1.65. The van der Waals surface area contributed by atoms with Gasteiger partial charge in [0.05, 0.1) is 24.2 Å². The molecule has 1 aromatic heterocycles. The molecule has 2 N–H and O–H groups in total. The second-order valence-electron chi connectivity index (χ2n) is 6.52. The second kappa shape index (κ2) is 8.10. The van der Waals surface area contributed by atoms with Gasteiger partial charge in [-0.25, -0.2) is 0 Å². The molecule has 3 aromatic rings. The van der Waals surface area contributed by atoms with Crippen LogP contribution in [0.4, 0.5) is 11.4 Å². The Morgan fingerprint density at radius 3 is 2.61 bits per heavy atom. The van der Waals surface area contributed by atoms with Gasteiger partial charge in [-0.05, 0) is 43.2 Å². The van der Waals surface area contributed by atoms with Crippen molar-refractivity contribution in [1.82, 2.24) is 4.98 Å². The van der Waals surface area contributed by atoms with E-state index in [9.17, 15) is 18.0 Å². The highest BCUT2D eigenvalue weighted by atomic mass is 32.2. The zero-order valence-electron chi connectivity index (χ0n) is 15.9. The number of rotatable bonds is 9. The van der Waals surface area contributed by atoms with Gasteiger partial charge in [-0.1, -0.05) is 6.92 Å². The molecule has 28 heavy (non-hydrogen) atoms. The fourth-order valence-electron chi connectivity index (χ4n) is 3.11. The van der Waals surface area contributed by atoms with Crippen molar-refractivity contribution >= 4 is 44.2 Å². The lowest BCUT2D eigenvalue weighted by molar-refractivity contribution is 0.316. The molecule has 0 aliphatic heterocycles. The number of aromatic nitrogens is 1. The Balaban J connectivity index is 1.92. The monoisotopic (exact) mass is 422 g/mol. The van der Waals surface area contributed by atoms with Gasteiger partial charge in [0.25, 0.3) is 10.1 Å². The molecule has 0 saturated heterocycles. The second-order valence-corrected chi connectivity index (χ2v) is 9.44. The Morgan fingerprint density at radius 1 is 1.21 bits per heavy atom. The van der Waals surface area contributed by atoms with Crippen molar-refractivity contribution in [3.05, 3.63) is 49.9 Å². The first kappa shape index (κ1) is 20.6. The minimum absolute atomic E-state index is 0.127. The van der Waals surface area contributed by atoms with Crippen molar-refractivity contribution in [2.45, 2.75) is 31.6 Å². The fourth-order valence-corrected chi connectivity index (χ4v) is 4.48. The summed E-state index contributed by atoms with van der Waals surface area (Å²) in [6.45, 7) is 3.81. The smallest absolute Gasteiger partial charge is 0.264 e. The zero-order valence-corrected chi connectivity index (χ0v) is 17.6. The van der Waals surface area contributed by atoms with E-state index in [-0.39, 0.29) is 6.61 Å². The molecule has 0 spiro atoms. The molecule has 0 fully saturated rings. The van der Waals surface area contributed by atoms with Gasteiger partial charge in [0.2, 0.25) is 10.9 Å². The van der Waals surface area contributed by atoms with E-state index in [1.807, 2.05) is 25.3 Å². The highest BCUT2D eigenvalue weighted by Crippen LogP contribution is 2.38. The number of thioether (sulfide) groups is 1. The molecule has 7 nitrogen and oxygen atoms in total. The first-order chi connectivity index (χ1) is 13.2. The van der Waals surface area contributed by atoms with E-state index < -0.39 is 21.0 Å². The third-order valence-corrected chi connectivity index (χ3v) is 6.06. The van der Waals surface area contributed by atoms with Crippen LogP contribution in [-0.4, -0.2) is 32.0 Å². The number of hydrogen-bond donors (Lipinski definition) is 2. The summed E-state index contributed by atoms with van der Waals surface area (Å²) in [6, 6.07) is 3.82. The van der Waals surface area contributed by atoms with Gasteiger partial charge in [-0.3, -0.25) is 13.8 Å². The van der Waals surface area contributed by atoms with Crippen LogP contribution < -0.4 is 16.2 Å². The Kier molecular flexibility index (Phi) is 5.97. The van der Waals surface area contributed by atoms with Crippen molar-refractivity contribution in [2.75, 3.05) is 23.9 Å². The van der Waals surface area contributed by atoms with Crippen molar-refractivity contribution < 1.29 is 12.6 Å². The lowest BCUT2D eigenvalue weighted by Gasteiger charge is -2.15. The van der Waals surface area contributed by atoms with Crippen molar-refractivity contribution in [1.29, 1.82) is 0 Å². The van der Waals surface area contributed by atoms with Gasteiger partial charge in [0, 0.05) is 27.6 Å². The van der Waals surface area contributed by atoms with Gasteiger partial charge in [-0.15, -0.1) is 11.8 Å². The summed E-state index contributed by atoms with van der Waals surface area (Å²) in [7, 11) is -3.44. The molecular formula is C19H22N2O5S2. The zero-order chi connectivity index (χ0) is 20.5. The first-order valence-electron chi connectivity index (χ1n) is 8.90. The summed E-state index contributed by atoms with van der Waals surface area (Å²) in [6.07, 6.45) is 4.16. The van der Waals surface area contributed by atoms with Crippen LogP contribution in [0.1, 0.15) is 24.5 Å². The molecule has 0 bridgehead atoms. The predicted octanol–water partition coefficient (Wildman–Crippen LogP) is 2.84. The average Bonchev–Trinajstić information content (AvgIpc) is 3.06. The quantitative estimate of drug-likeness (QED) is 0.236. The van der Waals surface area contributed by atoms with Crippen molar-refractivity contribution in [3.8, 4) is 0 Å². The van der Waals surface area contributed by atoms with Crippen LogP contribution in [0.5, 0.6) is 0 Å². The number of benzene rings is 1. The number of fused-ring (bicyclic) bond motifs is 1. The van der Waals surface area contributed by atoms with Crippen LogP contribution in [0, 0.1) is 6.92 Å². The summed E-state index contributed by atoms with van der Waals surface area (Å²) in [5.74, 6) is 0.834. The number of nitrogens with one attached hydrogen (secondary N) is 2. The predicted molar refractivity (Wildman–Crippen MR) is 113 cm³/mol. The molecule has 0 aliphatic carbocycles. The number of aryl methyl sites for hydroxylation is 1. The van der Waals surface area contributed by atoms with Gasteiger partial charge in [0.15, 0.2) is 0 Å². The molecule has 1 heterocycles. The molecule has 0 unspecified atom stereocenters. The molecule has 0 atom stereocenters. The maximum Gasteiger partial charge on any atom is 0.264 e. The molecule has 0 aliphatic rings. The van der Waals surface area contributed by atoms with Crippen LogP contribution in [0.25, 0.3) is 10.9 Å². The number of H-pyrrole nitrogens is 1. The van der Waals surface area contributed by atoms with E-state index in [1.54, 1.807) is 18.7 Å². The standard InChI is InChI=1S/C19H22N2O5S2/c1-4-27-19-14(21-16-11(2)17(22)18(16)23)8-7-13-15(19)12(10-20-13)6-5-9-26-28(3,24)25/h7-8,10,20-21H,4-6,9H2,1-3H3. The highest BCUT2D eigenvalue weighted by Gasteiger charge is 2.20. The number of aromatic amines is 1. The van der Waals surface area contributed by atoms with Crippen LogP contribution in [0.2, 0.25) is 0 Å². The molecule has 0 saturated carbocycles. The molecule has 2 aromatic carbocycles.